The lowest BCUT2D eigenvalue weighted by Gasteiger charge is -2.29. The second kappa shape index (κ2) is 10.5. The van der Waals surface area contributed by atoms with E-state index in [-0.39, 0.29) is 23.9 Å². The molecule has 5 rings (SSSR count). The monoisotopic (exact) mass is 516 g/mol. The minimum atomic E-state index is -1.67. The van der Waals surface area contributed by atoms with Gasteiger partial charge in [0, 0.05) is 16.3 Å². The van der Waals surface area contributed by atoms with Gasteiger partial charge in [-0.15, -0.1) is 5.10 Å². The van der Waals surface area contributed by atoms with Gasteiger partial charge in [-0.1, -0.05) is 59.3 Å². The molecule has 1 unspecified atom stereocenters. The summed E-state index contributed by atoms with van der Waals surface area (Å²) >= 11 is 6.13. The third-order valence-corrected chi connectivity index (χ3v) is 6.39. The molecule has 37 heavy (non-hydrogen) atoms. The first-order chi connectivity index (χ1) is 17.9. The van der Waals surface area contributed by atoms with Crippen LogP contribution in [0.2, 0.25) is 5.02 Å². The van der Waals surface area contributed by atoms with E-state index in [0.29, 0.717) is 34.1 Å². The highest BCUT2D eigenvalue weighted by molar-refractivity contribution is 6.30. The van der Waals surface area contributed by atoms with Crippen molar-refractivity contribution < 1.29 is 13.9 Å². The van der Waals surface area contributed by atoms with Crippen LogP contribution in [-0.2, 0) is 12.1 Å². The molecule has 186 valence electrons. The molecule has 0 fully saturated rings. The molecule has 0 spiro atoms. The molecule has 1 atom stereocenters. The third kappa shape index (κ3) is 5.38. The predicted octanol–water partition coefficient (Wildman–Crippen LogP) is 6.27. The van der Waals surface area contributed by atoms with Gasteiger partial charge in [0.2, 0.25) is 0 Å². The van der Waals surface area contributed by atoms with E-state index in [9.17, 15) is 13.9 Å². The first kappa shape index (κ1) is 24.6. The van der Waals surface area contributed by atoms with Crippen molar-refractivity contribution in [3.8, 4) is 11.3 Å². The Kier molecular flexibility index (Phi) is 6.99. The van der Waals surface area contributed by atoms with E-state index < -0.39 is 5.60 Å². The minimum absolute atomic E-state index is 0.00150. The van der Waals surface area contributed by atoms with Gasteiger partial charge < -0.3 is 10.4 Å². The van der Waals surface area contributed by atoms with Crippen molar-refractivity contribution in [3.63, 3.8) is 0 Å². The zero-order valence-corrected chi connectivity index (χ0v) is 20.4. The van der Waals surface area contributed by atoms with Crippen LogP contribution in [0.3, 0.4) is 0 Å². The second-order valence-corrected chi connectivity index (χ2v) is 9.10. The molecule has 5 nitrogen and oxygen atoms in total. The average Bonchev–Trinajstić information content (AvgIpc) is 3.33. The van der Waals surface area contributed by atoms with Crippen molar-refractivity contribution in [1.82, 2.24) is 15.0 Å². The van der Waals surface area contributed by atoms with E-state index in [1.54, 1.807) is 53.2 Å². The van der Waals surface area contributed by atoms with Gasteiger partial charge >= 0.3 is 0 Å². The van der Waals surface area contributed by atoms with Crippen molar-refractivity contribution in [2.24, 2.45) is 0 Å². The molecular weight excluding hydrogens is 494 g/mol. The van der Waals surface area contributed by atoms with Crippen molar-refractivity contribution in [1.29, 1.82) is 0 Å². The van der Waals surface area contributed by atoms with Gasteiger partial charge in [-0.05, 0) is 71.8 Å². The van der Waals surface area contributed by atoms with Crippen molar-refractivity contribution in [2.45, 2.75) is 12.1 Å². The summed E-state index contributed by atoms with van der Waals surface area (Å²) in [6.45, 7) is 0.390. The smallest absolute Gasteiger partial charge is 0.153 e. The Morgan fingerprint density at radius 1 is 0.811 bits per heavy atom. The lowest BCUT2D eigenvalue weighted by atomic mass is 9.87. The molecule has 0 aliphatic heterocycles. The number of aromatic nitrogens is 3. The number of nitrogens with one attached hydrogen (secondary N) is 1. The van der Waals surface area contributed by atoms with Gasteiger partial charge in [0.1, 0.15) is 17.3 Å². The van der Waals surface area contributed by atoms with E-state index >= 15 is 0 Å². The summed E-state index contributed by atoms with van der Waals surface area (Å²) < 4.78 is 28.9. The molecule has 5 aromatic rings. The van der Waals surface area contributed by atoms with Crippen LogP contribution in [0.4, 0.5) is 14.5 Å². The van der Waals surface area contributed by atoms with Gasteiger partial charge in [0.25, 0.3) is 0 Å². The summed E-state index contributed by atoms with van der Waals surface area (Å²) in [6, 6.07) is 28.4. The third-order valence-electron chi connectivity index (χ3n) is 6.13. The lowest BCUT2D eigenvalue weighted by Crippen LogP contribution is -2.36. The fraction of sp³-hybridized carbons (Fsp3) is 0.103. The number of hydrogen-bond donors (Lipinski definition) is 2. The van der Waals surface area contributed by atoms with E-state index in [4.69, 9.17) is 11.6 Å². The van der Waals surface area contributed by atoms with E-state index in [2.05, 4.69) is 15.6 Å². The minimum Gasteiger partial charge on any atom is -0.381 e. The first-order valence-corrected chi connectivity index (χ1v) is 12.0. The van der Waals surface area contributed by atoms with E-state index in [0.717, 1.165) is 5.56 Å². The van der Waals surface area contributed by atoms with Crippen LogP contribution in [0.1, 0.15) is 16.8 Å². The summed E-state index contributed by atoms with van der Waals surface area (Å²) in [5.74, 6) is -0.737. The van der Waals surface area contributed by atoms with E-state index in [1.165, 1.54) is 24.3 Å². The molecule has 0 aliphatic rings. The van der Waals surface area contributed by atoms with Crippen LogP contribution in [0, 0.1) is 11.6 Å². The van der Waals surface area contributed by atoms with Gasteiger partial charge in [0.15, 0.2) is 5.60 Å². The molecule has 8 heteroatoms. The summed E-state index contributed by atoms with van der Waals surface area (Å²) in [6.07, 6.45) is 0. The molecule has 0 aliphatic carbocycles. The molecule has 0 radical (unpaired) electrons. The maximum atomic E-state index is 13.8. The van der Waals surface area contributed by atoms with Gasteiger partial charge in [-0.25, -0.2) is 13.5 Å². The number of benzene rings is 4. The SMILES string of the molecule is OC(CNc1ccc(F)cc1)(c1ccc(Cl)cc1)c1nnn(Cc2ccccc2)c1-c1ccc(F)cc1. The summed E-state index contributed by atoms with van der Waals surface area (Å²) in [7, 11) is 0. The zero-order valence-electron chi connectivity index (χ0n) is 19.7. The Bertz CT molecular complexity index is 1470. The van der Waals surface area contributed by atoms with Gasteiger partial charge in [-0.2, -0.15) is 0 Å². The molecule has 0 saturated heterocycles. The van der Waals surface area contributed by atoms with Crippen molar-refractivity contribution in [2.75, 3.05) is 11.9 Å². The number of anilines is 1. The Morgan fingerprint density at radius 2 is 1.43 bits per heavy atom. The van der Waals surface area contributed by atoms with Crippen LogP contribution in [0.15, 0.2) is 103 Å². The number of aliphatic hydroxyl groups is 1. The van der Waals surface area contributed by atoms with Crippen LogP contribution in [0.5, 0.6) is 0 Å². The fourth-order valence-corrected chi connectivity index (χ4v) is 4.32. The number of halogens is 3. The number of hydrogen-bond acceptors (Lipinski definition) is 4. The highest BCUT2D eigenvalue weighted by atomic mass is 35.5. The largest absolute Gasteiger partial charge is 0.381 e. The quantitative estimate of drug-likeness (QED) is 0.255. The molecule has 0 amide bonds. The van der Waals surface area contributed by atoms with Crippen LogP contribution >= 0.6 is 11.6 Å². The van der Waals surface area contributed by atoms with Crippen molar-refractivity contribution >= 4 is 17.3 Å². The highest BCUT2D eigenvalue weighted by Gasteiger charge is 2.38. The van der Waals surface area contributed by atoms with Crippen LogP contribution < -0.4 is 5.32 Å². The zero-order chi connectivity index (χ0) is 25.8. The molecule has 0 bridgehead atoms. The summed E-state index contributed by atoms with van der Waals surface area (Å²) in [5, 5.41) is 24.8. The molecular formula is C29H23ClF2N4O. The number of rotatable bonds is 8. The Labute approximate surface area is 218 Å². The topological polar surface area (TPSA) is 63.0 Å². The summed E-state index contributed by atoms with van der Waals surface area (Å²) in [4.78, 5) is 0. The molecule has 0 saturated carbocycles. The van der Waals surface area contributed by atoms with Crippen LogP contribution in [-0.4, -0.2) is 26.6 Å². The normalized spacial score (nSPS) is 12.8. The van der Waals surface area contributed by atoms with Gasteiger partial charge in [-0.3, -0.25) is 0 Å². The Balaban J connectivity index is 1.64. The van der Waals surface area contributed by atoms with Crippen LogP contribution in [0.25, 0.3) is 11.3 Å². The maximum Gasteiger partial charge on any atom is 0.153 e. The second-order valence-electron chi connectivity index (χ2n) is 8.66. The van der Waals surface area contributed by atoms with Gasteiger partial charge in [0.05, 0.1) is 18.8 Å². The highest BCUT2D eigenvalue weighted by Crippen LogP contribution is 2.36. The Morgan fingerprint density at radius 3 is 2.08 bits per heavy atom. The molecule has 2 N–H and O–H groups in total. The fourth-order valence-electron chi connectivity index (χ4n) is 4.20. The van der Waals surface area contributed by atoms with Crippen molar-refractivity contribution in [3.05, 3.63) is 137 Å². The predicted molar refractivity (Wildman–Crippen MR) is 140 cm³/mol. The first-order valence-electron chi connectivity index (χ1n) is 11.6. The average molecular weight is 517 g/mol. The molecule has 1 heterocycles. The van der Waals surface area contributed by atoms with E-state index in [1.807, 2.05) is 30.3 Å². The lowest BCUT2D eigenvalue weighted by molar-refractivity contribution is 0.0907. The number of nitrogens with zero attached hydrogens (tertiary/aromatic N) is 3. The Hall–Kier alpha value is -4.07. The molecule has 1 aromatic heterocycles. The molecule has 4 aromatic carbocycles. The maximum absolute atomic E-state index is 13.8. The summed E-state index contributed by atoms with van der Waals surface area (Å²) in [5.41, 5.74) is 1.94. The standard InChI is InChI=1S/C29H23ClF2N4O/c30-23-10-8-22(9-11-23)29(37,19-33-26-16-14-25(32)15-17-26)28-27(21-6-12-24(31)13-7-21)36(35-34-28)18-20-4-2-1-3-5-20/h1-17,33,37H,18-19H2.